The van der Waals surface area contributed by atoms with Gasteiger partial charge in [0.25, 0.3) is 0 Å². The van der Waals surface area contributed by atoms with Crippen molar-refractivity contribution in [3.8, 4) is 0 Å². The molecule has 0 radical (unpaired) electrons. The second-order valence-electron chi connectivity index (χ2n) is 12.5. The van der Waals surface area contributed by atoms with E-state index in [1.165, 1.54) is 0 Å². The highest BCUT2D eigenvalue weighted by Gasteiger charge is 2.32. The lowest BCUT2D eigenvalue weighted by atomic mass is 9.87. The number of aliphatic carboxylic acids is 4. The minimum Gasteiger partial charge on any atom is -0.480 e. The Morgan fingerprint density at radius 1 is 0.605 bits per heavy atom. The van der Waals surface area contributed by atoms with Crippen LogP contribution >= 0.6 is 0 Å². The summed E-state index contributed by atoms with van der Waals surface area (Å²) in [6, 6.07) is -2.07. The predicted molar refractivity (Wildman–Crippen MR) is 157 cm³/mol. The largest absolute Gasteiger partial charge is 0.480 e. The normalized spacial score (nSPS) is 18.7. The van der Waals surface area contributed by atoms with E-state index in [-0.39, 0.29) is 109 Å². The summed E-state index contributed by atoms with van der Waals surface area (Å²) in [5, 5.41) is 39.1. The summed E-state index contributed by atoms with van der Waals surface area (Å²) in [6.07, 6.45) is 0.212. The third-order valence-electron chi connectivity index (χ3n) is 7.77. The minimum atomic E-state index is -1.13. The molecule has 43 heavy (non-hydrogen) atoms. The molecule has 0 aromatic rings. The maximum atomic E-state index is 12.6. The van der Waals surface area contributed by atoms with Crippen LogP contribution in [0.2, 0.25) is 0 Å². The first-order valence-electron chi connectivity index (χ1n) is 14.8. The number of carboxylic acid groups (broad SMARTS) is 4. The summed E-state index contributed by atoms with van der Waals surface area (Å²) in [7, 11) is 0. The van der Waals surface area contributed by atoms with Gasteiger partial charge in [0.15, 0.2) is 0 Å². The van der Waals surface area contributed by atoms with Gasteiger partial charge in [-0.1, -0.05) is 34.6 Å². The van der Waals surface area contributed by atoms with Crippen molar-refractivity contribution in [2.75, 3.05) is 65.4 Å². The third kappa shape index (κ3) is 14.4. The van der Waals surface area contributed by atoms with Gasteiger partial charge < -0.3 is 20.4 Å². The maximum Gasteiger partial charge on any atom is 0.320 e. The molecule has 1 rings (SSSR count). The van der Waals surface area contributed by atoms with Crippen molar-refractivity contribution >= 4 is 35.4 Å². The maximum absolute atomic E-state index is 12.6. The minimum absolute atomic E-state index is 0.0412. The van der Waals surface area contributed by atoms with Gasteiger partial charge in [-0.05, 0) is 12.8 Å². The molecule has 1 saturated heterocycles. The Bertz CT molecular complexity index is 949. The number of rotatable bonds is 15. The van der Waals surface area contributed by atoms with E-state index in [1.54, 1.807) is 54.2 Å². The number of ketones is 2. The van der Waals surface area contributed by atoms with Crippen LogP contribution in [0, 0.1) is 11.3 Å². The first-order chi connectivity index (χ1) is 19.9. The van der Waals surface area contributed by atoms with Crippen LogP contribution in [0.4, 0.5) is 0 Å². The van der Waals surface area contributed by atoms with Crippen molar-refractivity contribution in [3.63, 3.8) is 0 Å². The molecule has 0 aromatic heterocycles. The van der Waals surface area contributed by atoms with Gasteiger partial charge in [-0.3, -0.25) is 48.4 Å². The monoisotopic (exact) mass is 614 g/mol. The molecule has 0 amide bonds. The number of nitrogens with zero attached hydrogens (tertiary/aromatic N) is 4. The van der Waals surface area contributed by atoms with E-state index in [9.17, 15) is 49.2 Å². The first-order valence-corrected chi connectivity index (χ1v) is 14.8. The molecular formula is C29H50N4O10. The number of hydrogen-bond donors (Lipinski definition) is 4. The Labute approximate surface area is 253 Å². The fourth-order valence-electron chi connectivity index (χ4n) is 4.98. The van der Waals surface area contributed by atoms with Crippen LogP contribution < -0.4 is 0 Å². The molecule has 0 saturated carbocycles. The second-order valence-corrected chi connectivity index (χ2v) is 12.5. The van der Waals surface area contributed by atoms with Crippen molar-refractivity contribution in [2.45, 2.75) is 72.4 Å². The smallest absolute Gasteiger partial charge is 0.320 e. The van der Waals surface area contributed by atoms with Gasteiger partial charge in [-0.15, -0.1) is 0 Å². The van der Waals surface area contributed by atoms with Crippen LogP contribution in [0.15, 0.2) is 0 Å². The van der Waals surface area contributed by atoms with Gasteiger partial charge in [0.05, 0.1) is 13.1 Å². The molecule has 2 atom stereocenters. The lowest BCUT2D eigenvalue weighted by Gasteiger charge is -2.37. The van der Waals surface area contributed by atoms with Gasteiger partial charge in [0, 0.05) is 76.5 Å². The van der Waals surface area contributed by atoms with Gasteiger partial charge in [0.2, 0.25) is 0 Å². The molecule has 0 bridgehead atoms. The molecule has 14 nitrogen and oxygen atoms in total. The standard InChI is InChI=1S/C29H50N4O10/c1-20(2)23(34)8-6-21(27(40)41)32-14-10-30(18-25(36)37)12-16-33(17-13-31(11-15-32)19-26(38)39)22(28(42)43)7-9-24(35)29(3,4)5/h20-22H,6-19H2,1-5H3,(H,36,37)(H,38,39)(H,40,41)(H,42,43). The molecule has 246 valence electrons. The predicted octanol–water partition coefficient (Wildman–Crippen LogP) is 0.684. The summed E-state index contributed by atoms with van der Waals surface area (Å²) in [5.74, 6) is -4.86. The van der Waals surface area contributed by atoms with Gasteiger partial charge in [0.1, 0.15) is 23.7 Å². The number of carboxylic acids is 4. The van der Waals surface area contributed by atoms with Crippen molar-refractivity contribution < 1.29 is 49.2 Å². The zero-order valence-corrected chi connectivity index (χ0v) is 26.2. The lowest BCUT2D eigenvalue weighted by Crippen LogP contribution is -2.53. The summed E-state index contributed by atoms with van der Waals surface area (Å²) < 4.78 is 0. The quantitative estimate of drug-likeness (QED) is 0.201. The molecular weight excluding hydrogens is 564 g/mol. The topological polar surface area (TPSA) is 196 Å². The van der Waals surface area contributed by atoms with Crippen LogP contribution in [-0.2, 0) is 28.8 Å². The summed E-state index contributed by atoms with van der Waals surface area (Å²) in [6.45, 7) is 9.23. The summed E-state index contributed by atoms with van der Waals surface area (Å²) in [5.41, 5.74) is -0.636. The Balaban J connectivity index is 3.30. The van der Waals surface area contributed by atoms with Crippen molar-refractivity contribution in [3.05, 3.63) is 0 Å². The van der Waals surface area contributed by atoms with Gasteiger partial charge >= 0.3 is 23.9 Å². The highest BCUT2D eigenvalue weighted by molar-refractivity contribution is 5.84. The molecule has 1 fully saturated rings. The SMILES string of the molecule is CC(C)C(=O)CCC(C(=O)O)N1CCN(CC(=O)O)CCN(C(CCC(=O)C(C)(C)C)C(=O)O)CCN(CC(=O)O)CC1. The highest BCUT2D eigenvalue weighted by Crippen LogP contribution is 2.20. The number of hydrogen-bond acceptors (Lipinski definition) is 10. The van der Waals surface area contributed by atoms with E-state index in [0.717, 1.165) is 0 Å². The van der Waals surface area contributed by atoms with E-state index in [0.29, 0.717) is 0 Å². The van der Waals surface area contributed by atoms with Crippen LogP contribution in [0.25, 0.3) is 0 Å². The second kappa shape index (κ2) is 18.0. The molecule has 14 heteroatoms. The summed E-state index contributed by atoms with van der Waals surface area (Å²) >= 11 is 0. The van der Waals surface area contributed by atoms with Gasteiger partial charge in [-0.25, -0.2) is 0 Å². The zero-order valence-electron chi connectivity index (χ0n) is 26.2. The molecule has 0 aliphatic carbocycles. The molecule has 2 unspecified atom stereocenters. The van der Waals surface area contributed by atoms with E-state index in [2.05, 4.69) is 0 Å². The van der Waals surface area contributed by atoms with Crippen molar-refractivity contribution in [1.82, 2.24) is 19.6 Å². The Morgan fingerprint density at radius 2 is 0.953 bits per heavy atom. The molecule has 1 aliphatic rings. The van der Waals surface area contributed by atoms with Crippen LogP contribution in [0.3, 0.4) is 0 Å². The average Bonchev–Trinajstić information content (AvgIpc) is 2.87. The molecule has 0 aromatic carbocycles. The van der Waals surface area contributed by atoms with E-state index < -0.39 is 41.4 Å². The highest BCUT2D eigenvalue weighted by atomic mass is 16.4. The van der Waals surface area contributed by atoms with Crippen molar-refractivity contribution in [2.24, 2.45) is 11.3 Å². The fraction of sp³-hybridized carbons (Fsp3) is 0.793. The van der Waals surface area contributed by atoms with Gasteiger partial charge in [-0.2, -0.15) is 0 Å². The van der Waals surface area contributed by atoms with Crippen LogP contribution in [-0.4, -0.2) is 153 Å². The number of Topliss-reactive ketones (excluding diaryl/α,β-unsaturated/α-hetero) is 2. The van der Waals surface area contributed by atoms with Crippen LogP contribution in [0.1, 0.15) is 60.3 Å². The average molecular weight is 615 g/mol. The number of carbonyl (C=O) groups excluding carboxylic acids is 2. The summed E-state index contributed by atoms with van der Waals surface area (Å²) in [4.78, 5) is 79.2. The molecule has 1 heterocycles. The van der Waals surface area contributed by atoms with E-state index >= 15 is 0 Å². The Kier molecular flexibility index (Phi) is 15.9. The van der Waals surface area contributed by atoms with E-state index in [4.69, 9.17) is 0 Å². The Hall–Kier alpha value is -2.94. The van der Waals surface area contributed by atoms with Crippen molar-refractivity contribution in [1.29, 1.82) is 0 Å². The molecule has 0 spiro atoms. The van der Waals surface area contributed by atoms with Crippen LogP contribution in [0.5, 0.6) is 0 Å². The lowest BCUT2D eigenvalue weighted by molar-refractivity contribution is -0.145. The Morgan fingerprint density at radius 3 is 1.23 bits per heavy atom. The number of carbonyl (C=O) groups is 6. The van der Waals surface area contributed by atoms with E-state index in [1.807, 2.05) is 0 Å². The molecule has 1 aliphatic heterocycles. The fourth-order valence-corrected chi connectivity index (χ4v) is 4.98. The third-order valence-corrected chi connectivity index (χ3v) is 7.77. The molecule has 4 N–H and O–H groups in total. The first kappa shape index (κ1) is 38.1. The zero-order chi connectivity index (χ0) is 32.9.